The molecule has 2 N–H and O–H groups in total. The van der Waals surface area contributed by atoms with Gasteiger partial charge in [-0.2, -0.15) is 0 Å². The van der Waals surface area contributed by atoms with E-state index in [1.807, 2.05) is 25.3 Å². The number of nitrogens with one attached hydrogen (secondary N) is 2. The van der Waals surface area contributed by atoms with E-state index in [2.05, 4.69) is 27.3 Å². The van der Waals surface area contributed by atoms with Crippen LogP contribution in [0.15, 0.2) is 30.5 Å². The molecule has 3 rings (SSSR count). The first kappa shape index (κ1) is 19.2. The summed E-state index contributed by atoms with van der Waals surface area (Å²) in [5.74, 6) is 0.0719. The summed E-state index contributed by atoms with van der Waals surface area (Å²) < 4.78 is 5.02. The summed E-state index contributed by atoms with van der Waals surface area (Å²) in [6.45, 7) is 6.43. The zero-order valence-electron chi connectivity index (χ0n) is 15.9. The highest BCUT2D eigenvalue weighted by Crippen LogP contribution is 2.17. The number of aromatic nitrogens is 1. The van der Waals surface area contributed by atoms with Gasteiger partial charge in [-0.05, 0) is 25.0 Å². The fraction of sp³-hybridized carbons (Fsp3) is 0.500. The Bertz CT molecular complexity index is 765. The van der Waals surface area contributed by atoms with E-state index in [1.165, 1.54) is 10.9 Å². The SMILES string of the molecule is CCOC(=O)N1CCN(CCC(=O)NCCc2c[nH]c3ccccc23)CC1. The number of piperazine rings is 1. The van der Waals surface area contributed by atoms with Gasteiger partial charge in [-0.3, -0.25) is 9.69 Å². The Morgan fingerprint density at radius 2 is 1.96 bits per heavy atom. The molecule has 27 heavy (non-hydrogen) atoms. The quantitative estimate of drug-likeness (QED) is 0.779. The van der Waals surface area contributed by atoms with Gasteiger partial charge >= 0.3 is 6.09 Å². The van der Waals surface area contributed by atoms with Crippen LogP contribution in [0.3, 0.4) is 0 Å². The van der Waals surface area contributed by atoms with Gasteiger partial charge < -0.3 is 19.9 Å². The molecule has 1 fully saturated rings. The Balaban J connectivity index is 1.33. The van der Waals surface area contributed by atoms with E-state index in [0.29, 0.717) is 32.7 Å². The second-order valence-corrected chi connectivity index (χ2v) is 6.74. The minimum Gasteiger partial charge on any atom is -0.450 e. The number of carbonyl (C=O) groups excluding carboxylic acids is 2. The zero-order chi connectivity index (χ0) is 19.1. The first-order valence-electron chi connectivity index (χ1n) is 9.63. The van der Waals surface area contributed by atoms with Crippen LogP contribution in [0.4, 0.5) is 4.79 Å². The summed E-state index contributed by atoms with van der Waals surface area (Å²) in [5, 5.41) is 4.22. The Morgan fingerprint density at radius 1 is 1.19 bits per heavy atom. The van der Waals surface area contributed by atoms with Gasteiger partial charge in [-0.1, -0.05) is 18.2 Å². The second kappa shape index (κ2) is 9.41. The van der Waals surface area contributed by atoms with Crippen molar-refractivity contribution in [3.05, 3.63) is 36.0 Å². The summed E-state index contributed by atoms with van der Waals surface area (Å²) in [4.78, 5) is 31.0. The molecule has 0 spiro atoms. The average Bonchev–Trinajstić information content (AvgIpc) is 3.10. The van der Waals surface area contributed by atoms with Gasteiger partial charge in [0.2, 0.25) is 5.91 Å². The molecule has 1 aliphatic heterocycles. The monoisotopic (exact) mass is 372 g/mol. The number of hydrogen-bond acceptors (Lipinski definition) is 4. The number of carbonyl (C=O) groups is 2. The number of ether oxygens (including phenoxy) is 1. The van der Waals surface area contributed by atoms with Crippen LogP contribution >= 0.6 is 0 Å². The third-order valence-corrected chi connectivity index (χ3v) is 4.94. The molecule has 0 saturated carbocycles. The van der Waals surface area contributed by atoms with Crippen molar-refractivity contribution in [2.24, 2.45) is 0 Å². The number of nitrogens with zero attached hydrogens (tertiary/aromatic N) is 2. The maximum absolute atomic E-state index is 12.1. The molecule has 1 aromatic heterocycles. The second-order valence-electron chi connectivity index (χ2n) is 6.74. The predicted octanol–water partition coefficient (Wildman–Crippen LogP) is 1.99. The summed E-state index contributed by atoms with van der Waals surface area (Å²) in [7, 11) is 0. The topological polar surface area (TPSA) is 77.7 Å². The van der Waals surface area contributed by atoms with Crippen LogP contribution in [-0.2, 0) is 16.0 Å². The molecule has 2 amide bonds. The number of benzene rings is 1. The van der Waals surface area contributed by atoms with Crippen molar-refractivity contribution in [2.75, 3.05) is 45.9 Å². The fourth-order valence-electron chi connectivity index (χ4n) is 3.39. The molecule has 146 valence electrons. The highest BCUT2D eigenvalue weighted by molar-refractivity contribution is 5.83. The summed E-state index contributed by atoms with van der Waals surface area (Å²) in [5.41, 5.74) is 2.35. The van der Waals surface area contributed by atoms with Crippen molar-refractivity contribution in [1.82, 2.24) is 20.1 Å². The van der Waals surface area contributed by atoms with Crippen molar-refractivity contribution >= 4 is 22.9 Å². The Morgan fingerprint density at radius 3 is 2.74 bits per heavy atom. The smallest absolute Gasteiger partial charge is 0.409 e. The van der Waals surface area contributed by atoms with Crippen LogP contribution in [0.1, 0.15) is 18.9 Å². The van der Waals surface area contributed by atoms with Gasteiger partial charge in [0.05, 0.1) is 6.61 Å². The van der Waals surface area contributed by atoms with E-state index in [0.717, 1.165) is 31.6 Å². The molecule has 1 aromatic carbocycles. The third kappa shape index (κ3) is 5.23. The molecular formula is C20H28N4O3. The fourth-order valence-corrected chi connectivity index (χ4v) is 3.39. The van der Waals surface area contributed by atoms with Crippen LogP contribution in [0.25, 0.3) is 10.9 Å². The molecule has 2 aromatic rings. The molecular weight excluding hydrogens is 344 g/mol. The van der Waals surface area contributed by atoms with E-state index in [9.17, 15) is 9.59 Å². The molecule has 1 aliphatic rings. The van der Waals surface area contributed by atoms with E-state index in [1.54, 1.807) is 4.90 Å². The maximum Gasteiger partial charge on any atom is 0.409 e. The van der Waals surface area contributed by atoms with Crippen LogP contribution in [0, 0.1) is 0 Å². The number of aromatic amines is 1. The molecule has 0 atom stereocenters. The number of para-hydroxylation sites is 1. The lowest BCUT2D eigenvalue weighted by molar-refractivity contribution is -0.121. The van der Waals surface area contributed by atoms with Gasteiger partial charge in [-0.15, -0.1) is 0 Å². The Labute approximate surface area is 159 Å². The van der Waals surface area contributed by atoms with Crippen LogP contribution < -0.4 is 5.32 Å². The number of fused-ring (bicyclic) bond motifs is 1. The average molecular weight is 372 g/mol. The molecule has 2 heterocycles. The molecule has 0 unspecified atom stereocenters. The summed E-state index contributed by atoms with van der Waals surface area (Å²) in [6.07, 6.45) is 3.06. The minimum atomic E-state index is -0.243. The van der Waals surface area contributed by atoms with Crippen molar-refractivity contribution < 1.29 is 14.3 Å². The zero-order valence-corrected chi connectivity index (χ0v) is 15.9. The first-order chi connectivity index (χ1) is 13.2. The molecule has 1 saturated heterocycles. The lowest BCUT2D eigenvalue weighted by atomic mass is 10.1. The third-order valence-electron chi connectivity index (χ3n) is 4.94. The van der Waals surface area contributed by atoms with E-state index in [4.69, 9.17) is 4.74 Å². The van der Waals surface area contributed by atoms with E-state index >= 15 is 0 Å². The van der Waals surface area contributed by atoms with Gasteiger partial charge in [0.15, 0.2) is 0 Å². The van der Waals surface area contributed by atoms with Crippen molar-refractivity contribution in [3.8, 4) is 0 Å². The number of H-pyrrole nitrogens is 1. The van der Waals surface area contributed by atoms with Crippen molar-refractivity contribution in [2.45, 2.75) is 19.8 Å². The maximum atomic E-state index is 12.1. The van der Waals surface area contributed by atoms with Gasteiger partial charge in [-0.25, -0.2) is 4.79 Å². The van der Waals surface area contributed by atoms with E-state index in [-0.39, 0.29) is 12.0 Å². The van der Waals surface area contributed by atoms with Crippen LogP contribution in [0.5, 0.6) is 0 Å². The lowest BCUT2D eigenvalue weighted by Gasteiger charge is -2.33. The molecule has 0 aliphatic carbocycles. The van der Waals surface area contributed by atoms with Crippen LogP contribution in [-0.4, -0.2) is 72.7 Å². The highest BCUT2D eigenvalue weighted by Gasteiger charge is 2.21. The molecule has 0 bridgehead atoms. The molecule has 0 radical (unpaired) electrons. The Kier molecular flexibility index (Phi) is 6.70. The van der Waals surface area contributed by atoms with Gasteiger partial charge in [0, 0.05) is 62.8 Å². The van der Waals surface area contributed by atoms with E-state index < -0.39 is 0 Å². The molecule has 7 nitrogen and oxygen atoms in total. The highest BCUT2D eigenvalue weighted by atomic mass is 16.6. The molecule has 7 heteroatoms. The number of rotatable bonds is 7. The normalized spacial score (nSPS) is 15.1. The first-order valence-corrected chi connectivity index (χ1v) is 9.63. The summed E-state index contributed by atoms with van der Waals surface area (Å²) in [6, 6.07) is 8.19. The number of hydrogen-bond donors (Lipinski definition) is 2. The lowest BCUT2D eigenvalue weighted by Crippen LogP contribution is -2.49. The van der Waals surface area contributed by atoms with Gasteiger partial charge in [0.1, 0.15) is 0 Å². The largest absolute Gasteiger partial charge is 0.450 e. The minimum absolute atomic E-state index is 0.0719. The van der Waals surface area contributed by atoms with Gasteiger partial charge in [0.25, 0.3) is 0 Å². The standard InChI is InChI=1S/C20H28N4O3/c1-2-27-20(26)24-13-11-23(12-14-24)10-8-19(25)21-9-7-16-15-22-18-6-4-3-5-17(16)18/h3-6,15,22H,2,7-14H2,1H3,(H,21,25). The van der Waals surface area contributed by atoms with Crippen LogP contribution in [0.2, 0.25) is 0 Å². The summed E-state index contributed by atoms with van der Waals surface area (Å²) >= 11 is 0. The van der Waals surface area contributed by atoms with Crippen molar-refractivity contribution in [3.63, 3.8) is 0 Å². The number of amides is 2. The Hall–Kier alpha value is -2.54. The van der Waals surface area contributed by atoms with Crippen molar-refractivity contribution in [1.29, 1.82) is 0 Å². The predicted molar refractivity (Wildman–Crippen MR) is 105 cm³/mol.